The van der Waals surface area contributed by atoms with Crippen molar-refractivity contribution in [1.29, 1.82) is 0 Å². The van der Waals surface area contributed by atoms with E-state index in [1.165, 1.54) is 31.3 Å². The maximum Gasteiger partial charge on any atom is 0.277 e. The van der Waals surface area contributed by atoms with E-state index < -0.39 is 16.7 Å². The molecule has 2 amide bonds. The van der Waals surface area contributed by atoms with Crippen molar-refractivity contribution in [2.45, 2.75) is 0 Å². The fourth-order valence-electron chi connectivity index (χ4n) is 2.44. The first-order valence-corrected chi connectivity index (χ1v) is 7.12. The van der Waals surface area contributed by atoms with E-state index in [2.05, 4.69) is 5.32 Å². The number of amides is 2. The molecular weight excluding hydrogens is 310 g/mol. The van der Waals surface area contributed by atoms with Crippen LogP contribution in [-0.2, 0) is 9.59 Å². The molecule has 120 valence electrons. The Kier molecular flexibility index (Phi) is 3.83. The number of likely N-dealkylation sites (N-methyl/N-ethyl adjacent to an activating group) is 1. The van der Waals surface area contributed by atoms with Gasteiger partial charge in [0.15, 0.2) is 0 Å². The predicted octanol–water partition coefficient (Wildman–Crippen LogP) is 2.42. The van der Waals surface area contributed by atoms with E-state index in [9.17, 15) is 19.7 Å². The molecule has 1 aliphatic rings. The number of anilines is 1. The number of nitrogens with one attached hydrogen (secondary N) is 1. The highest BCUT2D eigenvalue weighted by Gasteiger charge is 2.36. The highest BCUT2D eigenvalue weighted by atomic mass is 16.6. The molecule has 7 heteroatoms. The molecular formula is C17H13N3O4. The van der Waals surface area contributed by atoms with E-state index in [4.69, 9.17) is 0 Å². The molecule has 0 spiro atoms. The Morgan fingerprint density at radius 1 is 0.958 bits per heavy atom. The number of non-ortho nitro benzene ring substituents is 1. The molecule has 1 N–H and O–H groups in total. The van der Waals surface area contributed by atoms with Gasteiger partial charge in [-0.25, -0.2) is 0 Å². The lowest BCUT2D eigenvalue weighted by Crippen LogP contribution is -2.27. The minimum atomic E-state index is -0.519. The molecule has 0 saturated carbocycles. The summed E-state index contributed by atoms with van der Waals surface area (Å²) in [7, 11) is 1.40. The molecule has 0 atom stereocenters. The number of carbonyl (C=O) groups excluding carboxylic acids is 2. The Hall–Kier alpha value is -3.48. The van der Waals surface area contributed by atoms with Crippen molar-refractivity contribution in [1.82, 2.24) is 4.90 Å². The number of benzene rings is 2. The zero-order chi connectivity index (χ0) is 17.3. The van der Waals surface area contributed by atoms with Crippen LogP contribution in [0.2, 0.25) is 0 Å². The second kappa shape index (κ2) is 5.96. The van der Waals surface area contributed by atoms with E-state index in [1.807, 2.05) is 6.07 Å². The van der Waals surface area contributed by atoms with Crippen LogP contribution in [-0.4, -0.2) is 28.7 Å². The lowest BCUT2D eigenvalue weighted by Gasteiger charge is -2.08. The quantitative estimate of drug-likeness (QED) is 0.530. The standard InChI is InChI=1S/C17H13N3O4/c1-19-16(21)14(11-7-9-13(10-8-11)20(23)24)15(17(19)22)18-12-5-3-2-4-6-12/h2-10,18H,1H3. The first kappa shape index (κ1) is 15.4. The van der Waals surface area contributed by atoms with Crippen LogP contribution in [0.1, 0.15) is 5.56 Å². The summed E-state index contributed by atoms with van der Waals surface area (Å²) in [6, 6.07) is 14.5. The Labute approximate surface area is 137 Å². The Balaban J connectivity index is 2.06. The normalized spacial score (nSPS) is 14.3. The van der Waals surface area contributed by atoms with Crippen LogP contribution in [0, 0.1) is 10.1 Å². The largest absolute Gasteiger partial charge is 0.350 e. The first-order valence-electron chi connectivity index (χ1n) is 7.12. The molecule has 0 aliphatic carbocycles. The van der Waals surface area contributed by atoms with Crippen LogP contribution >= 0.6 is 0 Å². The van der Waals surface area contributed by atoms with Crippen LogP contribution in [0.4, 0.5) is 11.4 Å². The Bertz CT molecular complexity index is 857. The summed E-state index contributed by atoms with van der Waals surface area (Å²) in [6.45, 7) is 0. The number of nitrogens with zero attached hydrogens (tertiary/aromatic N) is 2. The molecule has 0 aromatic heterocycles. The van der Waals surface area contributed by atoms with Crippen molar-refractivity contribution < 1.29 is 14.5 Å². The molecule has 7 nitrogen and oxygen atoms in total. The van der Waals surface area contributed by atoms with E-state index in [0.717, 1.165) is 4.90 Å². The number of nitro groups is 1. The number of para-hydroxylation sites is 1. The highest BCUT2D eigenvalue weighted by molar-refractivity contribution is 6.36. The van der Waals surface area contributed by atoms with Crippen LogP contribution in [0.3, 0.4) is 0 Å². The lowest BCUT2D eigenvalue weighted by atomic mass is 10.0. The van der Waals surface area contributed by atoms with Gasteiger partial charge in [0.05, 0.1) is 10.5 Å². The van der Waals surface area contributed by atoms with Gasteiger partial charge in [0, 0.05) is 24.9 Å². The minimum Gasteiger partial charge on any atom is -0.350 e. The fourth-order valence-corrected chi connectivity index (χ4v) is 2.44. The molecule has 0 radical (unpaired) electrons. The van der Waals surface area contributed by atoms with E-state index in [1.54, 1.807) is 24.3 Å². The average molecular weight is 323 g/mol. The van der Waals surface area contributed by atoms with Crippen LogP contribution < -0.4 is 5.32 Å². The number of hydrogen-bond donors (Lipinski definition) is 1. The summed E-state index contributed by atoms with van der Waals surface area (Å²) < 4.78 is 0. The van der Waals surface area contributed by atoms with E-state index in [0.29, 0.717) is 11.3 Å². The Morgan fingerprint density at radius 3 is 2.17 bits per heavy atom. The van der Waals surface area contributed by atoms with E-state index in [-0.39, 0.29) is 17.0 Å². The maximum absolute atomic E-state index is 12.4. The van der Waals surface area contributed by atoms with Crippen molar-refractivity contribution in [3.63, 3.8) is 0 Å². The van der Waals surface area contributed by atoms with Gasteiger partial charge in [-0.3, -0.25) is 24.6 Å². The van der Waals surface area contributed by atoms with Crippen molar-refractivity contribution in [2.24, 2.45) is 0 Å². The number of imide groups is 1. The summed E-state index contributed by atoms with van der Waals surface area (Å²) in [5.74, 6) is -0.899. The molecule has 3 rings (SSSR count). The van der Waals surface area contributed by atoms with Crippen LogP contribution in [0.25, 0.3) is 5.57 Å². The summed E-state index contributed by atoms with van der Waals surface area (Å²) in [5, 5.41) is 13.7. The van der Waals surface area contributed by atoms with Crippen molar-refractivity contribution in [2.75, 3.05) is 12.4 Å². The van der Waals surface area contributed by atoms with Gasteiger partial charge in [-0.15, -0.1) is 0 Å². The van der Waals surface area contributed by atoms with Gasteiger partial charge in [0.2, 0.25) is 0 Å². The second-order valence-corrected chi connectivity index (χ2v) is 5.21. The van der Waals surface area contributed by atoms with Crippen LogP contribution in [0.5, 0.6) is 0 Å². The van der Waals surface area contributed by atoms with Gasteiger partial charge in [-0.05, 0) is 29.8 Å². The summed E-state index contributed by atoms with van der Waals surface area (Å²) in [6.07, 6.45) is 0. The minimum absolute atomic E-state index is 0.0814. The second-order valence-electron chi connectivity index (χ2n) is 5.21. The van der Waals surface area contributed by atoms with Crippen molar-refractivity contribution >= 4 is 28.8 Å². The number of nitro benzene ring substituents is 1. The number of carbonyl (C=O) groups is 2. The van der Waals surface area contributed by atoms with Gasteiger partial charge in [-0.1, -0.05) is 18.2 Å². The summed E-state index contributed by atoms with van der Waals surface area (Å²) in [4.78, 5) is 36.0. The molecule has 0 unspecified atom stereocenters. The van der Waals surface area contributed by atoms with Gasteiger partial charge < -0.3 is 5.32 Å². The molecule has 1 heterocycles. The average Bonchev–Trinajstić information content (AvgIpc) is 2.80. The fraction of sp³-hybridized carbons (Fsp3) is 0.0588. The monoisotopic (exact) mass is 323 g/mol. The molecule has 0 saturated heterocycles. The summed E-state index contributed by atoms with van der Waals surface area (Å²) in [5.41, 5.74) is 1.39. The molecule has 24 heavy (non-hydrogen) atoms. The predicted molar refractivity (Wildman–Crippen MR) is 87.9 cm³/mol. The molecule has 0 fully saturated rings. The maximum atomic E-state index is 12.4. The molecule has 2 aromatic carbocycles. The van der Waals surface area contributed by atoms with Crippen molar-refractivity contribution in [3.8, 4) is 0 Å². The zero-order valence-electron chi connectivity index (χ0n) is 12.7. The first-order chi connectivity index (χ1) is 11.5. The van der Waals surface area contributed by atoms with Gasteiger partial charge in [-0.2, -0.15) is 0 Å². The molecule has 2 aromatic rings. The van der Waals surface area contributed by atoms with Crippen molar-refractivity contribution in [3.05, 3.63) is 76.0 Å². The Morgan fingerprint density at radius 2 is 1.58 bits per heavy atom. The van der Waals surface area contributed by atoms with Gasteiger partial charge >= 0.3 is 0 Å². The third-order valence-corrected chi connectivity index (χ3v) is 3.70. The number of hydrogen-bond acceptors (Lipinski definition) is 5. The lowest BCUT2D eigenvalue weighted by molar-refractivity contribution is -0.384. The SMILES string of the molecule is CN1C(=O)C(Nc2ccccc2)=C(c2ccc([N+](=O)[O-])cc2)C1=O. The topological polar surface area (TPSA) is 92.6 Å². The summed E-state index contributed by atoms with van der Waals surface area (Å²) >= 11 is 0. The number of rotatable bonds is 4. The smallest absolute Gasteiger partial charge is 0.277 e. The molecule has 1 aliphatic heterocycles. The third-order valence-electron chi connectivity index (χ3n) is 3.70. The zero-order valence-corrected chi connectivity index (χ0v) is 12.7. The highest BCUT2D eigenvalue weighted by Crippen LogP contribution is 2.30. The van der Waals surface area contributed by atoms with Crippen LogP contribution in [0.15, 0.2) is 60.3 Å². The third kappa shape index (κ3) is 2.63. The van der Waals surface area contributed by atoms with Gasteiger partial charge in [0.1, 0.15) is 5.70 Å². The van der Waals surface area contributed by atoms with E-state index >= 15 is 0 Å². The van der Waals surface area contributed by atoms with Gasteiger partial charge in [0.25, 0.3) is 17.5 Å². The molecule has 0 bridgehead atoms.